The lowest BCUT2D eigenvalue weighted by molar-refractivity contribution is -0.137. The van der Waals surface area contributed by atoms with E-state index >= 15 is 0 Å². The van der Waals surface area contributed by atoms with Crippen molar-refractivity contribution in [2.75, 3.05) is 11.4 Å². The van der Waals surface area contributed by atoms with Crippen LogP contribution in [0.2, 0.25) is 0 Å². The highest BCUT2D eigenvalue weighted by molar-refractivity contribution is 7.99. The first-order valence-corrected chi connectivity index (χ1v) is 9.55. The van der Waals surface area contributed by atoms with Gasteiger partial charge in [-0.15, -0.1) is 11.8 Å². The lowest BCUT2D eigenvalue weighted by Gasteiger charge is -2.23. The zero-order valence-corrected chi connectivity index (χ0v) is 15.2. The maximum Gasteiger partial charge on any atom is 0.416 e. The summed E-state index contributed by atoms with van der Waals surface area (Å²) in [5.41, 5.74) is 2.24. The lowest BCUT2D eigenvalue weighted by atomic mass is 10.1. The topological polar surface area (TPSA) is 31.9 Å². The minimum absolute atomic E-state index is 0.0276. The highest BCUT2D eigenvalue weighted by Crippen LogP contribution is 2.46. The second-order valence-corrected chi connectivity index (χ2v) is 7.73. The van der Waals surface area contributed by atoms with Gasteiger partial charge in [0.1, 0.15) is 0 Å². The van der Waals surface area contributed by atoms with Crippen molar-refractivity contribution in [1.82, 2.24) is 10.2 Å². The van der Waals surface area contributed by atoms with Crippen LogP contribution in [0.25, 0.3) is 0 Å². The van der Waals surface area contributed by atoms with E-state index in [-0.39, 0.29) is 5.25 Å². The number of anilines is 1. The third-order valence-corrected chi connectivity index (χ3v) is 6.03. The predicted molar refractivity (Wildman–Crippen MR) is 101 cm³/mol. The second-order valence-electron chi connectivity index (χ2n) is 6.49. The maximum atomic E-state index is 13.1. The molecule has 0 fully saturated rings. The highest BCUT2D eigenvalue weighted by Gasteiger charge is 2.31. The van der Waals surface area contributed by atoms with Crippen molar-refractivity contribution in [1.29, 1.82) is 0 Å². The molecule has 0 radical (unpaired) electrons. The minimum Gasteiger partial charge on any atom is -0.365 e. The summed E-state index contributed by atoms with van der Waals surface area (Å²) in [5.74, 6) is 0. The van der Waals surface area contributed by atoms with Gasteiger partial charge in [-0.3, -0.25) is 5.10 Å². The molecule has 7 heteroatoms. The Morgan fingerprint density at radius 2 is 1.96 bits per heavy atom. The number of rotatable bonds is 3. The number of alkyl halides is 3. The zero-order valence-electron chi connectivity index (χ0n) is 14.4. The second kappa shape index (κ2) is 7.31. The molecule has 1 aliphatic heterocycles. The first kappa shape index (κ1) is 18.0. The molecule has 2 heterocycles. The van der Waals surface area contributed by atoms with Gasteiger partial charge in [0, 0.05) is 22.9 Å². The molecule has 1 aromatic heterocycles. The van der Waals surface area contributed by atoms with E-state index in [1.807, 2.05) is 24.3 Å². The molecule has 1 atom stereocenters. The van der Waals surface area contributed by atoms with E-state index in [1.54, 1.807) is 24.0 Å². The van der Waals surface area contributed by atoms with Gasteiger partial charge in [-0.05, 0) is 36.2 Å². The van der Waals surface area contributed by atoms with Crippen LogP contribution >= 0.6 is 11.8 Å². The molecule has 4 rings (SSSR count). The normalized spacial score (nSPS) is 17.4. The number of nitrogens with zero attached hydrogens (tertiary/aromatic N) is 2. The van der Waals surface area contributed by atoms with Crippen LogP contribution in [0.1, 0.15) is 28.5 Å². The van der Waals surface area contributed by atoms with Crippen molar-refractivity contribution in [2.45, 2.75) is 29.3 Å². The Labute approximate surface area is 159 Å². The third kappa shape index (κ3) is 3.98. The molecule has 27 heavy (non-hydrogen) atoms. The van der Waals surface area contributed by atoms with E-state index in [0.29, 0.717) is 12.1 Å². The molecule has 0 unspecified atom stereocenters. The average molecular weight is 389 g/mol. The summed E-state index contributed by atoms with van der Waals surface area (Å²) in [5, 5.41) is 6.95. The Kier molecular flexibility index (Phi) is 4.86. The summed E-state index contributed by atoms with van der Waals surface area (Å²) >= 11 is 1.63. The smallest absolute Gasteiger partial charge is 0.365 e. The first-order valence-electron chi connectivity index (χ1n) is 8.67. The maximum absolute atomic E-state index is 13.1. The highest BCUT2D eigenvalue weighted by atomic mass is 32.2. The fraction of sp³-hybridized carbons (Fsp3) is 0.250. The van der Waals surface area contributed by atoms with Crippen molar-refractivity contribution in [3.63, 3.8) is 0 Å². The summed E-state index contributed by atoms with van der Waals surface area (Å²) in [6.07, 6.45) is -1.84. The van der Waals surface area contributed by atoms with Gasteiger partial charge < -0.3 is 4.90 Å². The van der Waals surface area contributed by atoms with Gasteiger partial charge >= 0.3 is 6.18 Å². The van der Waals surface area contributed by atoms with E-state index in [1.165, 1.54) is 12.1 Å². The SMILES string of the molecule is FC(F)(F)c1cccc([C@@H]2CCN(Cc3ccn[nH]3)c3ccccc3S2)c1. The number of halogens is 3. The fourth-order valence-corrected chi connectivity index (χ4v) is 4.60. The summed E-state index contributed by atoms with van der Waals surface area (Å²) in [6.45, 7) is 1.44. The number of hydrogen-bond acceptors (Lipinski definition) is 3. The van der Waals surface area contributed by atoms with E-state index < -0.39 is 11.7 Å². The molecular weight excluding hydrogens is 371 g/mol. The van der Waals surface area contributed by atoms with Crippen LogP contribution in [-0.2, 0) is 12.7 Å². The van der Waals surface area contributed by atoms with Gasteiger partial charge in [-0.2, -0.15) is 18.3 Å². The Morgan fingerprint density at radius 3 is 2.74 bits per heavy atom. The first-order chi connectivity index (χ1) is 13.0. The molecule has 3 nitrogen and oxygen atoms in total. The van der Waals surface area contributed by atoms with Gasteiger partial charge in [-0.25, -0.2) is 0 Å². The van der Waals surface area contributed by atoms with Crippen molar-refractivity contribution in [2.24, 2.45) is 0 Å². The minimum atomic E-state index is -4.32. The van der Waals surface area contributed by atoms with Crippen molar-refractivity contribution in [3.05, 3.63) is 77.6 Å². The third-order valence-electron chi connectivity index (χ3n) is 4.64. The molecule has 0 saturated carbocycles. The summed E-state index contributed by atoms with van der Waals surface area (Å²) in [7, 11) is 0. The van der Waals surface area contributed by atoms with Gasteiger partial charge in [0.05, 0.1) is 23.5 Å². The van der Waals surface area contributed by atoms with Crippen molar-refractivity contribution < 1.29 is 13.2 Å². The van der Waals surface area contributed by atoms with Crippen LogP contribution < -0.4 is 4.90 Å². The van der Waals surface area contributed by atoms with Gasteiger partial charge in [0.25, 0.3) is 0 Å². The Morgan fingerprint density at radius 1 is 1.11 bits per heavy atom. The molecule has 0 bridgehead atoms. The van der Waals surface area contributed by atoms with Gasteiger partial charge in [0.2, 0.25) is 0 Å². The molecular formula is C20H18F3N3S. The van der Waals surface area contributed by atoms with E-state index in [0.717, 1.165) is 35.3 Å². The number of nitrogens with one attached hydrogen (secondary N) is 1. The average Bonchev–Trinajstić information content (AvgIpc) is 3.10. The molecule has 0 spiro atoms. The Balaban J connectivity index is 1.64. The van der Waals surface area contributed by atoms with Gasteiger partial charge in [0.15, 0.2) is 0 Å². The predicted octanol–water partition coefficient (Wildman–Crippen LogP) is 5.67. The van der Waals surface area contributed by atoms with Crippen LogP contribution in [0, 0.1) is 0 Å². The molecule has 2 aromatic carbocycles. The molecule has 0 aliphatic carbocycles. The molecule has 0 amide bonds. The lowest BCUT2D eigenvalue weighted by Crippen LogP contribution is -2.24. The number of aromatic amines is 1. The van der Waals surface area contributed by atoms with E-state index in [9.17, 15) is 13.2 Å². The summed E-state index contributed by atoms with van der Waals surface area (Å²) in [6, 6.07) is 15.7. The Hall–Kier alpha value is -2.41. The zero-order chi connectivity index (χ0) is 18.9. The quantitative estimate of drug-likeness (QED) is 0.626. The largest absolute Gasteiger partial charge is 0.416 e. The van der Waals surface area contributed by atoms with Crippen molar-refractivity contribution >= 4 is 17.4 Å². The van der Waals surface area contributed by atoms with E-state index in [4.69, 9.17) is 0 Å². The summed E-state index contributed by atoms with van der Waals surface area (Å²) in [4.78, 5) is 3.33. The number of benzene rings is 2. The van der Waals surface area contributed by atoms with Crippen LogP contribution in [0.4, 0.5) is 18.9 Å². The Bertz CT molecular complexity index is 909. The molecule has 3 aromatic rings. The standard InChI is InChI=1S/C20H18F3N3S/c21-20(22,23)15-5-3-4-14(12-15)18-9-11-26(13-16-8-10-24-25-16)17-6-1-2-7-19(17)27-18/h1-8,10,12,18H,9,11,13H2,(H,24,25)/t18-/m0/s1. The van der Waals surface area contributed by atoms with Crippen molar-refractivity contribution in [3.8, 4) is 0 Å². The molecule has 1 N–H and O–H groups in total. The van der Waals surface area contributed by atoms with Crippen LogP contribution in [0.15, 0.2) is 65.7 Å². The number of fused-ring (bicyclic) bond motifs is 1. The van der Waals surface area contributed by atoms with Gasteiger partial charge in [-0.1, -0.05) is 30.3 Å². The van der Waals surface area contributed by atoms with Crippen LogP contribution in [-0.4, -0.2) is 16.7 Å². The van der Waals surface area contributed by atoms with Crippen LogP contribution in [0.5, 0.6) is 0 Å². The fourth-order valence-electron chi connectivity index (χ4n) is 3.32. The number of aromatic nitrogens is 2. The molecule has 0 saturated heterocycles. The van der Waals surface area contributed by atoms with E-state index in [2.05, 4.69) is 21.2 Å². The number of para-hydroxylation sites is 1. The molecule has 1 aliphatic rings. The number of thioether (sulfide) groups is 1. The summed E-state index contributed by atoms with van der Waals surface area (Å²) < 4.78 is 39.3. The molecule has 140 valence electrons. The monoisotopic (exact) mass is 389 g/mol. The number of H-pyrrole nitrogens is 1. The number of hydrogen-bond donors (Lipinski definition) is 1. The van der Waals surface area contributed by atoms with Crippen LogP contribution in [0.3, 0.4) is 0 Å².